The molecule has 0 radical (unpaired) electrons. The summed E-state index contributed by atoms with van der Waals surface area (Å²) in [5.41, 5.74) is 5.43. The number of amides is 1. The zero-order valence-corrected chi connectivity index (χ0v) is 11.3. The maximum absolute atomic E-state index is 12.9. The highest BCUT2D eigenvalue weighted by Gasteiger charge is 2.42. The van der Waals surface area contributed by atoms with Gasteiger partial charge in [-0.25, -0.2) is 4.39 Å². The predicted octanol–water partition coefficient (Wildman–Crippen LogP) is 2.77. The predicted molar refractivity (Wildman–Crippen MR) is 71.6 cm³/mol. The van der Waals surface area contributed by atoms with Gasteiger partial charge < -0.3 is 11.1 Å². The molecule has 100 valence electrons. The summed E-state index contributed by atoms with van der Waals surface area (Å²) in [4.78, 5) is 11.9. The van der Waals surface area contributed by atoms with Gasteiger partial charge in [0.2, 0.25) is 5.91 Å². The first-order valence-corrected chi connectivity index (χ1v) is 6.14. The lowest BCUT2D eigenvalue weighted by Gasteiger charge is -2.40. The Hall–Kier alpha value is -1.58. The Morgan fingerprint density at radius 2 is 1.61 bits per heavy atom. The third-order valence-corrected chi connectivity index (χ3v) is 3.42. The minimum atomic E-state index is -0.835. The first-order chi connectivity index (χ1) is 8.30. The van der Waals surface area contributed by atoms with Crippen LogP contribution in [0, 0.1) is 17.7 Å². The van der Waals surface area contributed by atoms with Crippen molar-refractivity contribution in [2.24, 2.45) is 17.6 Å². The molecule has 0 saturated heterocycles. The molecule has 0 unspecified atom stereocenters. The largest absolute Gasteiger partial charge is 0.371 e. The number of anilines is 1. The van der Waals surface area contributed by atoms with Gasteiger partial charge in [-0.1, -0.05) is 27.7 Å². The molecule has 1 amide bonds. The molecule has 0 aliphatic rings. The van der Waals surface area contributed by atoms with Crippen LogP contribution in [-0.2, 0) is 4.79 Å². The highest BCUT2D eigenvalue weighted by Crippen LogP contribution is 2.30. The Balaban J connectivity index is 3.12. The van der Waals surface area contributed by atoms with Crippen LogP contribution in [0.1, 0.15) is 27.7 Å². The highest BCUT2D eigenvalue weighted by atomic mass is 19.1. The van der Waals surface area contributed by atoms with Gasteiger partial charge in [0, 0.05) is 5.69 Å². The minimum absolute atomic E-state index is 0.0278. The molecule has 1 aromatic rings. The molecule has 1 aromatic carbocycles. The quantitative estimate of drug-likeness (QED) is 0.846. The van der Waals surface area contributed by atoms with Crippen molar-refractivity contribution in [1.82, 2.24) is 0 Å². The molecule has 3 N–H and O–H groups in total. The van der Waals surface area contributed by atoms with Gasteiger partial charge in [0.1, 0.15) is 11.4 Å². The van der Waals surface area contributed by atoms with E-state index in [1.54, 1.807) is 12.1 Å². The van der Waals surface area contributed by atoms with Crippen LogP contribution in [0.2, 0.25) is 0 Å². The number of nitrogens with one attached hydrogen (secondary N) is 1. The summed E-state index contributed by atoms with van der Waals surface area (Å²) in [7, 11) is 0. The Kier molecular flexibility index (Phi) is 4.33. The number of halogens is 1. The first kappa shape index (κ1) is 14.5. The van der Waals surface area contributed by atoms with Crippen LogP contribution >= 0.6 is 0 Å². The Morgan fingerprint density at radius 3 is 1.94 bits per heavy atom. The molecule has 0 aliphatic heterocycles. The maximum atomic E-state index is 12.9. The Labute approximate surface area is 108 Å². The number of rotatable bonds is 5. The van der Waals surface area contributed by atoms with E-state index in [-0.39, 0.29) is 17.7 Å². The third-order valence-electron chi connectivity index (χ3n) is 3.42. The summed E-state index contributed by atoms with van der Waals surface area (Å²) in [5, 5.41) is 3.18. The lowest BCUT2D eigenvalue weighted by Crippen LogP contribution is -2.58. The molecule has 0 bridgehead atoms. The fourth-order valence-electron chi connectivity index (χ4n) is 2.36. The second-order valence-corrected chi connectivity index (χ2v) is 5.17. The van der Waals surface area contributed by atoms with Crippen LogP contribution in [0.5, 0.6) is 0 Å². The molecule has 0 fully saturated rings. The SMILES string of the molecule is CC(C)C(Nc1ccc(F)cc1)(C(N)=O)C(C)C. The van der Waals surface area contributed by atoms with Gasteiger partial charge in [-0.05, 0) is 36.1 Å². The monoisotopic (exact) mass is 252 g/mol. The number of carbonyl (C=O) groups excluding carboxylic acids is 1. The van der Waals surface area contributed by atoms with Gasteiger partial charge in [-0.2, -0.15) is 0 Å². The molecule has 0 heterocycles. The van der Waals surface area contributed by atoms with E-state index in [1.165, 1.54) is 12.1 Å². The number of carbonyl (C=O) groups is 1. The zero-order valence-electron chi connectivity index (χ0n) is 11.3. The van der Waals surface area contributed by atoms with Crippen LogP contribution < -0.4 is 11.1 Å². The topological polar surface area (TPSA) is 55.1 Å². The molecule has 18 heavy (non-hydrogen) atoms. The second kappa shape index (κ2) is 5.38. The molecule has 0 aromatic heterocycles. The fourth-order valence-corrected chi connectivity index (χ4v) is 2.36. The summed E-state index contributed by atoms with van der Waals surface area (Å²) in [6.07, 6.45) is 0. The third kappa shape index (κ3) is 2.63. The van der Waals surface area contributed by atoms with Crippen molar-refractivity contribution in [2.75, 3.05) is 5.32 Å². The van der Waals surface area contributed by atoms with Gasteiger partial charge in [-0.3, -0.25) is 4.79 Å². The van der Waals surface area contributed by atoms with Crippen molar-refractivity contribution in [3.8, 4) is 0 Å². The van der Waals surface area contributed by atoms with Crippen molar-refractivity contribution in [3.05, 3.63) is 30.1 Å². The number of nitrogens with two attached hydrogens (primary N) is 1. The van der Waals surface area contributed by atoms with Gasteiger partial charge >= 0.3 is 0 Å². The van der Waals surface area contributed by atoms with E-state index in [0.29, 0.717) is 5.69 Å². The van der Waals surface area contributed by atoms with Crippen molar-refractivity contribution in [1.29, 1.82) is 0 Å². The van der Waals surface area contributed by atoms with E-state index in [0.717, 1.165) is 0 Å². The normalized spacial score (nSPS) is 11.9. The first-order valence-electron chi connectivity index (χ1n) is 6.14. The Morgan fingerprint density at radius 1 is 1.17 bits per heavy atom. The minimum Gasteiger partial charge on any atom is -0.371 e. The van der Waals surface area contributed by atoms with Crippen LogP contribution in [0.15, 0.2) is 24.3 Å². The number of hydrogen-bond acceptors (Lipinski definition) is 2. The van der Waals surface area contributed by atoms with Crippen LogP contribution in [0.3, 0.4) is 0 Å². The molecule has 3 nitrogen and oxygen atoms in total. The summed E-state index contributed by atoms with van der Waals surface area (Å²) in [6, 6.07) is 5.93. The molecule has 0 saturated carbocycles. The van der Waals surface area contributed by atoms with E-state index >= 15 is 0 Å². The van der Waals surface area contributed by atoms with Crippen molar-refractivity contribution in [2.45, 2.75) is 33.2 Å². The molecule has 4 heteroatoms. The van der Waals surface area contributed by atoms with Crippen molar-refractivity contribution in [3.63, 3.8) is 0 Å². The molecule has 0 atom stereocenters. The zero-order chi connectivity index (χ0) is 13.9. The Bertz CT molecular complexity index is 404. The summed E-state index contributed by atoms with van der Waals surface area (Å²) >= 11 is 0. The van der Waals surface area contributed by atoms with Crippen LogP contribution in [-0.4, -0.2) is 11.4 Å². The number of primary amides is 1. The average Bonchev–Trinajstić information content (AvgIpc) is 2.26. The van der Waals surface area contributed by atoms with E-state index < -0.39 is 11.4 Å². The summed E-state index contributed by atoms with van der Waals surface area (Å²) in [6.45, 7) is 7.78. The molecule has 0 aliphatic carbocycles. The maximum Gasteiger partial charge on any atom is 0.243 e. The number of benzene rings is 1. The molecule has 1 rings (SSSR count). The second-order valence-electron chi connectivity index (χ2n) is 5.17. The van der Waals surface area contributed by atoms with E-state index in [2.05, 4.69) is 5.32 Å². The average molecular weight is 252 g/mol. The van der Waals surface area contributed by atoms with Crippen molar-refractivity contribution < 1.29 is 9.18 Å². The van der Waals surface area contributed by atoms with Gasteiger partial charge in [0.05, 0.1) is 0 Å². The smallest absolute Gasteiger partial charge is 0.243 e. The van der Waals surface area contributed by atoms with Gasteiger partial charge in [0.25, 0.3) is 0 Å². The van der Waals surface area contributed by atoms with Gasteiger partial charge in [0.15, 0.2) is 0 Å². The molecular formula is C14H21FN2O. The molecular weight excluding hydrogens is 231 g/mol. The lowest BCUT2D eigenvalue weighted by atomic mass is 9.76. The fraction of sp³-hybridized carbons (Fsp3) is 0.500. The lowest BCUT2D eigenvalue weighted by molar-refractivity contribution is -0.125. The van der Waals surface area contributed by atoms with Crippen molar-refractivity contribution >= 4 is 11.6 Å². The van der Waals surface area contributed by atoms with E-state index in [4.69, 9.17) is 5.73 Å². The van der Waals surface area contributed by atoms with E-state index in [9.17, 15) is 9.18 Å². The highest BCUT2D eigenvalue weighted by molar-refractivity contribution is 5.88. The summed E-state index contributed by atoms with van der Waals surface area (Å²) in [5.74, 6) is -0.642. The van der Waals surface area contributed by atoms with Gasteiger partial charge in [-0.15, -0.1) is 0 Å². The number of hydrogen-bond donors (Lipinski definition) is 2. The summed E-state index contributed by atoms with van der Waals surface area (Å²) < 4.78 is 12.9. The van der Waals surface area contributed by atoms with Crippen LogP contribution in [0.4, 0.5) is 10.1 Å². The van der Waals surface area contributed by atoms with Crippen LogP contribution in [0.25, 0.3) is 0 Å². The standard InChI is InChI=1S/C14H21FN2O/c1-9(2)14(10(3)4,13(16)18)17-12-7-5-11(15)6-8-12/h5-10,17H,1-4H3,(H2,16,18). The van der Waals surface area contributed by atoms with E-state index in [1.807, 2.05) is 27.7 Å². The molecule has 0 spiro atoms.